The van der Waals surface area contributed by atoms with Gasteiger partial charge in [0.15, 0.2) is 0 Å². The zero-order chi connectivity index (χ0) is 15.9. The molecule has 0 saturated heterocycles. The maximum absolute atomic E-state index is 9.05. The first-order valence-electron chi connectivity index (χ1n) is 8.25. The lowest BCUT2D eigenvalue weighted by atomic mass is 9.78. The lowest BCUT2D eigenvalue weighted by molar-refractivity contribution is 0.288. The van der Waals surface area contributed by atoms with Crippen molar-refractivity contribution in [1.29, 1.82) is 0 Å². The molecular formula is C19H32O2. The van der Waals surface area contributed by atoms with Gasteiger partial charge in [0.1, 0.15) is 5.75 Å². The largest absolute Gasteiger partial charge is 0.496 e. The third-order valence-corrected chi connectivity index (χ3v) is 4.30. The van der Waals surface area contributed by atoms with Crippen LogP contribution in [0.25, 0.3) is 0 Å². The van der Waals surface area contributed by atoms with E-state index in [1.165, 1.54) is 42.4 Å². The first kappa shape index (κ1) is 18.0. The Balaban J connectivity index is 3.08. The maximum atomic E-state index is 9.05. The van der Waals surface area contributed by atoms with E-state index < -0.39 is 0 Å². The van der Waals surface area contributed by atoms with Crippen molar-refractivity contribution in [3.63, 3.8) is 0 Å². The van der Waals surface area contributed by atoms with Crippen molar-refractivity contribution in [1.82, 2.24) is 0 Å². The SMILES string of the molecule is CCCCCC(C)(C)c1cc(CCCO)cc(C)c1OC. The normalized spacial score (nSPS) is 11.7. The Morgan fingerprint density at radius 1 is 1.14 bits per heavy atom. The Bertz CT molecular complexity index is 435. The van der Waals surface area contributed by atoms with E-state index in [2.05, 4.69) is 39.8 Å². The molecule has 0 aliphatic heterocycles. The van der Waals surface area contributed by atoms with Crippen LogP contribution in [0.2, 0.25) is 0 Å². The summed E-state index contributed by atoms with van der Waals surface area (Å²) in [5.41, 5.74) is 3.95. The van der Waals surface area contributed by atoms with Crippen LogP contribution < -0.4 is 4.74 Å². The molecule has 120 valence electrons. The second kappa shape index (κ2) is 8.43. The van der Waals surface area contributed by atoms with Crippen LogP contribution >= 0.6 is 0 Å². The van der Waals surface area contributed by atoms with Crippen LogP contribution in [0.3, 0.4) is 0 Å². The minimum absolute atomic E-state index is 0.125. The number of hydrogen-bond donors (Lipinski definition) is 1. The highest BCUT2D eigenvalue weighted by Crippen LogP contribution is 2.38. The molecule has 2 heteroatoms. The summed E-state index contributed by atoms with van der Waals surface area (Å²) in [5, 5.41) is 9.05. The maximum Gasteiger partial charge on any atom is 0.125 e. The summed E-state index contributed by atoms with van der Waals surface area (Å²) < 4.78 is 5.68. The molecule has 1 rings (SSSR count). The fraction of sp³-hybridized carbons (Fsp3) is 0.684. The van der Waals surface area contributed by atoms with Crippen molar-refractivity contribution < 1.29 is 9.84 Å². The van der Waals surface area contributed by atoms with Crippen LogP contribution in [-0.2, 0) is 11.8 Å². The van der Waals surface area contributed by atoms with Gasteiger partial charge in [0, 0.05) is 12.2 Å². The van der Waals surface area contributed by atoms with Crippen LogP contribution in [-0.4, -0.2) is 18.8 Å². The van der Waals surface area contributed by atoms with Gasteiger partial charge in [-0.15, -0.1) is 0 Å². The topological polar surface area (TPSA) is 29.5 Å². The quantitative estimate of drug-likeness (QED) is 0.663. The van der Waals surface area contributed by atoms with Gasteiger partial charge in [0.05, 0.1) is 7.11 Å². The molecule has 0 saturated carbocycles. The third-order valence-electron chi connectivity index (χ3n) is 4.30. The highest BCUT2D eigenvalue weighted by Gasteiger charge is 2.25. The first-order chi connectivity index (χ1) is 9.96. The third kappa shape index (κ3) is 5.03. The Kier molecular flexibility index (Phi) is 7.24. The van der Waals surface area contributed by atoms with Crippen molar-refractivity contribution in [3.8, 4) is 5.75 Å². The van der Waals surface area contributed by atoms with Crippen LogP contribution in [0.5, 0.6) is 5.75 Å². The lowest BCUT2D eigenvalue weighted by Gasteiger charge is -2.29. The fourth-order valence-corrected chi connectivity index (χ4v) is 3.00. The molecule has 1 aromatic carbocycles. The predicted molar refractivity (Wildman–Crippen MR) is 90.3 cm³/mol. The van der Waals surface area contributed by atoms with Crippen molar-refractivity contribution in [2.45, 2.75) is 71.6 Å². The number of methoxy groups -OCH3 is 1. The predicted octanol–water partition coefficient (Wildman–Crippen LogP) is 4.79. The molecule has 0 aromatic heterocycles. The molecule has 0 aliphatic carbocycles. The van der Waals surface area contributed by atoms with E-state index in [4.69, 9.17) is 9.84 Å². The minimum atomic E-state index is 0.125. The summed E-state index contributed by atoms with van der Waals surface area (Å²) in [6, 6.07) is 4.48. The number of rotatable bonds is 9. The van der Waals surface area contributed by atoms with Crippen LogP contribution in [0.1, 0.15) is 69.6 Å². The van der Waals surface area contributed by atoms with Crippen LogP contribution in [0, 0.1) is 6.92 Å². The molecule has 0 radical (unpaired) electrons. The number of aryl methyl sites for hydroxylation is 2. The van der Waals surface area contributed by atoms with Crippen molar-refractivity contribution in [3.05, 3.63) is 28.8 Å². The van der Waals surface area contributed by atoms with Gasteiger partial charge in [-0.2, -0.15) is 0 Å². The molecule has 21 heavy (non-hydrogen) atoms. The van der Waals surface area contributed by atoms with Gasteiger partial charge in [-0.25, -0.2) is 0 Å². The Labute approximate surface area is 130 Å². The summed E-state index contributed by atoms with van der Waals surface area (Å²) in [6.07, 6.45) is 6.73. The van der Waals surface area contributed by atoms with Gasteiger partial charge < -0.3 is 9.84 Å². The van der Waals surface area contributed by atoms with Crippen molar-refractivity contribution in [2.75, 3.05) is 13.7 Å². The molecule has 2 nitrogen and oxygen atoms in total. The van der Waals surface area contributed by atoms with E-state index >= 15 is 0 Å². The number of ether oxygens (including phenoxy) is 1. The number of aliphatic hydroxyl groups excluding tert-OH is 1. The number of benzene rings is 1. The highest BCUT2D eigenvalue weighted by molar-refractivity contribution is 5.47. The zero-order valence-corrected chi connectivity index (χ0v) is 14.5. The molecule has 0 heterocycles. The minimum Gasteiger partial charge on any atom is -0.496 e. The van der Waals surface area contributed by atoms with E-state index in [0.717, 1.165) is 18.6 Å². The van der Waals surface area contributed by atoms with E-state index in [1.54, 1.807) is 7.11 Å². The highest BCUT2D eigenvalue weighted by atomic mass is 16.5. The summed E-state index contributed by atoms with van der Waals surface area (Å²) in [6.45, 7) is 9.24. The summed E-state index contributed by atoms with van der Waals surface area (Å²) >= 11 is 0. The smallest absolute Gasteiger partial charge is 0.125 e. The molecule has 0 atom stereocenters. The summed E-state index contributed by atoms with van der Waals surface area (Å²) in [4.78, 5) is 0. The Morgan fingerprint density at radius 3 is 2.43 bits per heavy atom. The lowest BCUT2D eigenvalue weighted by Crippen LogP contribution is -2.19. The van der Waals surface area contributed by atoms with Gasteiger partial charge in [-0.05, 0) is 42.7 Å². The van der Waals surface area contributed by atoms with E-state index in [-0.39, 0.29) is 12.0 Å². The molecule has 0 aliphatic rings. The number of aliphatic hydroxyl groups is 1. The molecule has 0 bridgehead atoms. The van der Waals surface area contributed by atoms with E-state index in [1.807, 2.05) is 0 Å². The molecule has 1 aromatic rings. The van der Waals surface area contributed by atoms with Gasteiger partial charge >= 0.3 is 0 Å². The zero-order valence-electron chi connectivity index (χ0n) is 14.5. The molecular weight excluding hydrogens is 260 g/mol. The monoisotopic (exact) mass is 292 g/mol. The first-order valence-corrected chi connectivity index (χ1v) is 8.25. The Hall–Kier alpha value is -1.02. The molecule has 0 fully saturated rings. The van der Waals surface area contributed by atoms with Crippen molar-refractivity contribution in [2.24, 2.45) is 0 Å². The average Bonchev–Trinajstić information content (AvgIpc) is 2.44. The second-order valence-electron chi connectivity index (χ2n) is 6.66. The fourth-order valence-electron chi connectivity index (χ4n) is 3.00. The van der Waals surface area contributed by atoms with Gasteiger partial charge in [-0.1, -0.05) is 52.2 Å². The van der Waals surface area contributed by atoms with E-state index in [9.17, 15) is 0 Å². The summed E-state index contributed by atoms with van der Waals surface area (Å²) in [5.74, 6) is 1.03. The molecule has 0 spiro atoms. The second-order valence-corrected chi connectivity index (χ2v) is 6.66. The Morgan fingerprint density at radius 2 is 1.86 bits per heavy atom. The number of unbranched alkanes of at least 4 members (excludes halogenated alkanes) is 2. The van der Waals surface area contributed by atoms with Gasteiger partial charge in [0.2, 0.25) is 0 Å². The molecule has 0 amide bonds. The van der Waals surface area contributed by atoms with E-state index in [0.29, 0.717) is 0 Å². The molecule has 0 unspecified atom stereocenters. The molecule has 1 N–H and O–H groups in total. The standard InChI is InChI=1S/C19H32O2/c1-6-7-8-11-19(3,4)17-14-16(10-9-12-20)13-15(2)18(17)21-5/h13-14,20H,6-12H2,1-5H3. The van der Waals surface area contributed by atoms with Crippen LogP contribution in [0.15, 0.2) is 12.1 Å². The summed E-state index contributed by atoms with van der Waals surface area (Å²) in [7, 11) is 1.77. The average molecular weight is 292 g/mol. The van der Waals surface area contributed by atoms with Crippen LogP contribution in [0.4, 0.5) is 0 Å². The van der Waals surface area contributed by atoms with Gasteiger partial charge in [0.25, 0.3) is 0 Å². The number of hydrogen-bond acceptors (Lipinski definition) is 2. The van der Waals surface area contributed by atoms with Crippen molar-refractivity contribution >= 4 is 0 Å². The van der Waals surface area contributed by atoms with Gasteiger partial charge in [-0.3, -0.25) is 0 Å².